The monoisotopic (exact) mass is 1250 g/mol. The van der Waals surface area contributed by atoms with Gasteiger partial charge in [-0.05, 0) is 143 Å². The predicted molar refractivity (Wildman–Crippen MR) is 371 cm³/mol. The molecular weight excluding hydrogens is 1150 g/mol. The molecule has 11 heteroatoms. The molecule has 4 aromatic heterocycles. The van der Waals surface area contributed by atoms with E-state index >= 15 is 0 Å². The SMILES string of the molecule is C.C.CC(C)(C)C1=C(O)c2ccccc2CC1=O.CC(C)(C)c1ccc2nc(-c3cccs3)c(-c3cccs3)nc2c1.CCOc1ccc(C(C)(C)C)cc1Br.CCc1ccc(C(C)(C)C)cc1.Cn1c(=O)c(C(C)(C)C)c(O)c2ccccc21. The molecule has 10 rings (SSSR count). The first-order chi connectivity index (χ1) is 38.8. The Bertz CT molecular complexity index is 3750. The molecule has 0 amide bonds. The van der Waals surface area contributed by atoms with Gasteiger partial charge in [0.15, 0.2) is 5.78 Å². The summed E-state index contributed by atoms with van der Waals surface area (Å²) < 4.78 is 8.08. The average molecular weight is 1250 g/mol. The Morgan fingerprint density at radius 3 is 1.58 bits per heavy atom. The molecule has 0 saturated carbocycles. The van der Waals surface area contributed by atoms with Gasteiger partial charge in [0.25, 0.3) is 5.56 Å². The van der Waals surface area contributed by atoms with Crippen molar-refractivity contribution < 1.29 is 19.7 Å². The zero-order chi connectivity index (χ0) is 61.4. The van der Waals surface area contributed by atoms with Crippen molar-refractivity contribution in [2.75, 3.05) is 6.61 Å². The maximum Gasteiger partial charge on any atom is 0.258 e. The quantitative estimate of drug-likeness (QED) is 0.176. The maximum absolute atomic E-state index is 12.3. The number of ether oxygens (including phenoxy) is 1. The van der Waals surface area contributed by atoms with Crippen LogP contribution in [-0.4, -0.2) is 37.1 Å². The lowest BCUT2D eigenvalue weighted by atomic mass is 9.76. The summed E-state index contributed by atoms with van der Waals surface area (Å²) in [5.74, 6) is 1.21. The molecule has 0 atom stereocenters. The molecule has 0 unspecified atom stereocenters. The number of aryl methyl sites for hydroxylation is 2. The largest absolute Gasteiger partial charge is 0.507 e. The van der Waals surface area contributed by atoms with Crippen LogP contribution >= 0.6 is 38.6 Å². The Balaban J connectivity index is 0.000000231. The summed E-state index contributed by atoms with van der Waals surface area (Å²) in [5, 5.41) is 25.4. The highest BCUT2D eigenvalue weighted by Crippen LogP contribution is 2.39. The molecule has 0 spiro atoms. The van der Waals surface area contributed by atoms with Crippen molar-refractivity contribution in [1.29, 1.82) is 0 Å². The van der Waals surface area contributed by atoms with Crippen molar-refractivity contribution in [3.63, 3.8) is 0 Å². The number of carbonyl (C=O) groups is 1. The van der Waals surface area contributed by atoms with Gasteiger partial charge in [-0.2, -0.15) is 0 Å². The van der Waals surface area contributed by atoms with Gasteiger partial charge in [0.05, 0.1) is 42.9 Å². The number of nitrogens with zero attached hydrogens (tertiary/aromatic N) is 3. The second-order valence-electron chi connectivity index (χ2n) is 26.0. The first-order valence-electron chi connectivity index (χ1n) is 28.5. The number of rotatable bonds is 5. The van der Waals surface area contributed by atoms with Crippen molar-refractivity contribution in [3.8, 4) is 32.6 Å². The van der Waals surface area contributed by atoms with E-state index in [-0.39, 0.29) is 64.8 Å². The zero-order valence-electron chi connectivity index (χ0n) is 52.1. The lowest BCUT2D eigenvalue weighted by molar-refractivity contribution is -0.116. The van der Waals surface area contributed by atoms with E-state index in [1.165, 1.54) is 22.3 Å². The summed E-state index contributed by atoms with van der Waals surface area (Å²) in [6.07, 6.45) is 1.53. The van der Waals surface area contributed by atoms with Crippen LogP contribution in [-0.2, 0) is 46.3 Å². The number of hydrogen-bond donors (Lipinski definition) is 2. The van der Waals surface area contributed by atoms with Crippen LogP contribution in [0, 0.1) is 5.41 Å². The fourth-order valence-corrected chi connectivity index (χ4v) is 11.5. The van der Waals surface area contributed by atoms with Crippen LogP contribution in [0.2, 0.25) is 0 Å². The molecule has 1 aliphatic rings. The number of pyridine rings is 1. The third-order valence-corrected chi connectivity index (χ3v) is 16.7. The number of ketones is 1. The number of aromatic hydroxyl groups is 1. The number of hydrogen-bond acceptors (Lipinski definition) is 9. The van der Waals surface area contributed by atoms with Crippen LogP contribution < -0.4 is 10.3 Å². The van der Waals surface area contributed by atoms with E-state index in [1.807, 2.05) is 103 Å². The highest BCUT2D eigenvalue weighted by atomic mass is 79.9. The van der Waals surface area contributed by atoms with E-state index in [1.54, 1.807) is 34.3 Å². The number of carbonyl (C=O) groups excluding carboxylic acids is 1. The number of halogens is 1. The maximum atomic E-state index is 12.3. The van der Waals surface area contributed by atoms with Crippen LogP contribution in [0.25, 0.3) is 48.8 Å². The van der Waals surface area contributed by atoms with Crippen LogP contribution in [0.15, 0.2) is 159 Å². The number of allylic oxidation sites excluding steroid dienone is 1. The molecule has 0 saturated heterocycles. The van der Waals surface area contributed by atoms with E-state index in [0.717, 1.165) is 70.8 Å². The molecule has 85 heavy (non-hydrogen) atoms. The van der Waals surface area contributed by atoms with Gasteiger partial charge in [0, 0.05) is 30.0 Å². The molecule has 0 radical (unpaired) electrons. The number of aliphatic hydroxyl groups excluding tert-OH is 1. The van der Waals surface area contributed by atoms with Crippen molar-refractivity contribution in [3.05, 3.63) is 204 Å². The van der Waals surface area contributed by atoms with Crippen LogP contribution in [0.5, 0.6) is 11.5 Å². The molecule has 454 valence electrons. The number of para-hydroxylation sites is 1. The zero-order valence-corrected chi connectivity index (χ0v) is 55.4. The molecule has 1 aliphatic carbocycles. The topological polar surface area (TPSA) is 115 Å². The Kier molecular flexibility index (Phi) is 24.3. The number of aliphatic hydroxyl groups is 1. The lowest BCUT2D eigenvalue weighted by Gasteiger charge is -2.27. The fourth-order valence-electron chi connectivity index (χ4n) is 9.53. The molecule has 4 heterocycles. The fraction of sp³-hybridized carbons (Fsp3) is 0.378. The minimum absolute atomic E-state index is 0. The van der Waals surface area contributed by atoms with Crippen LogP contribution in [0.4, 0.5) is 0 Å². The van der Waals surface area contributed by atoms with E-state index in [2.05, 4.69) is 175 Å². The van der Waals surface area contributed by atoms with Gasteiger partial charge >= 0.3 is 0 Å². The Labute approximate surface area is 525 Å². The van der Waals surface area contributed by atoms with Gasteiger partial charge in [-0.25, -0.2) is 9.97 Å². The van der Waals surface area contributed by atoms with Crippen molar-refractivity contribution in [2.45, 2.75) is 167 Å². The third kappa shape index (κ3) is 18.0. The third-order valence-electron chi connectivity index (χ3n) is 14.3. The normalized spacial score (nSPS) is 12.4. The van der Waals surface area contributed by atoms with E-state index in [9.17, 15) is 19.8 Å². The van der Waals surface area contributed by atoms with Gasteiger partial charge in [-0.15, -0.1) is 22.7 Å². The highest BCUT2D eigenvalue weighted by molar-refractivity contribution is 9.10. The molecule has 5 aromatic carbocycles. The molecule has 0 bridgehead atoms. The lowest BCUT2D eigenvalue weighted by Crippen LogP contribution is -2.29. The average Bonchev–Trinajstić information content (AvgIpc) is 3.61. The summed E-state index contributed by atoms with van der Waals surface area (Å²) in [6.45, 7) is 36.5. The molecule has 0 aliphatic heterocycles. The Hall–Kier alpha value is -6.66. The standard InChI is InChI=1S/C20H18N2S2.C14H17NO2.C14H16O2.C12H17BrO.C12H18.2CH4/c1-20(2,3)13-8-9-14-15(12-13)22-19(17-7-5-11-24-17)18(21-14)16-6-4-10-23-16;1-14(2,3)11-12(16)9-7-5-6-8-10(9)15(4)13(11)17;1-14(2,3)12-11(15)8-9-6-4-5-7-10(9)13(12)16;1-5-14-11-7-6-9(8-10(11)13)12(2,3)4;1-5-10-6-8-11(9-7-10)12(2,3)4;;/h4-12H,1-3H3;5-8,16H,1-4H3;4-7,16H,8H2,1-3H3;6-8H,5H2,1-4H3;6-9H,5H2,1-4H3;2*1H4. The second kappa shape index (κ2) is 29.2. The van der Waals surface area contributed by atoms with Crippen molar-refractivity contribution in [2.24, 2.45) is 12.5 Å². The van der Waals surface area contributed by atoms with Gasteiger partial charge in [0.2, 0.25) is 0 Å². The number of aromatic nitrogens is 3. The summed E-state index contributed by atoms with van der Waals surface area (Å²) in [7, 11) is 1.74. The highest BCUT2D eigenvalue weighted by Gasteiger charge is 2.33. The second-order valence-corrected chi connectivity index (χ2v) is 28.8. The van der Waals surface area contributed by atoms with Gasteiger partial charge in [-0.3, -0.25) is 9.59 Å². The summed E-state index contributed by atoms with van der Waals surface area (Å²) in [6, 6.07) is 44.9. The van der Waals surface area contributed by atoms with E-state index < -0.39 is 0 Å². The van der Waals surface area contributed by atoms with Gasteiger partial charge in [-0.1, -0.05) is 211 Å². The van der Waals surface area contributed by atoms with Crippen molar-refractivity contribution in [1.82, 2.24) is 14.5 Å². The smallest absolute Gasteiger partial charge is 0.258 e. The van der Waals surface area contributed by atoms with Crippen LogP contribution in [0.3, 0.4) is 0 Å². The molecule has 0 fully saturated rings. The summed E-state index contributed by atoms with van der Waals surface area (Å²) in [4.78, 5) is 36.5. The van der Waals surface area contributed by atoms with E-state index in [4.69, 9.17) is 14.7 Å². The summed E-state index contributed by atoms with van der Waals surface area (Å²) >= 11 is 6.93. The minimum atomic E-state index is -0.372. The Morgan fingerprint density at radius 1 is 0.576 bits per heavy atom. The minimum Gasteiger partial charge on any atom is -0.507 e. The van der Waals surface area contributed by atoms with Crippen LogP contribution in [0.1, 0.15) is 172 Å². The molecule has 2 N–H and O–H groups in total. The first-order valence-corrected chi connectivity index (χ1v) is 31.1. The summed E-state index contributed by atoms with van der Waals surface area (Å²) in [5.41, 5.74) is 12.5. The van der Waals surface area contributed by atoms with Gasteiger partial charge in [0.1, 0.15) is 28.6 Å². The van der Waals surface area contributed by atoms with Crippen molar-refractivity contribution >= 4 is 72.1 Å². The molecule has 9 aromatic rings. The number of thiophene rings is 2. The predicted octanol–water partition coefficient (Wildman–Crippen LogP) is 21.0. The molecular formula is C74H94BrN3O5S2. The van der Waals surface area contributed by atoms with Gasteiger partial charge < -0.3 is 19.5 Å². The molecule has 8 nitrogen and oxygen atoms in total. The number of Topliss-reactive ketones (excluding diaryl/α,β-unsaturated/α-hetero) is 1. The van der Waals surface area contributed by atoms with E-state index in [0.29, 0.717) is 24.2 Å². The first kappa shape index (κ1) is 70.8. The number of benzene rings is 5. The Morgan fingerprint density at radius 2 is 1.08 bits per heavy atom. The number of fused-ring (bicyclic) bond motifs is 3.